The van der Waals surface area contributed by atoms with Crippen LogP contribution in [0.25, 0.3) is 0 Å². The van der Waals surface area contributed by atoms with E-state index in [0.29, 0.717) is 18.6 Å². The molecule has 0 bridgehead atoms. The van der Waals surface area contributed by atoms with Gasteiger partial charge in [0, 0.05) is 25.9 Å². The van der Waals surface area contributed by atoms with Gasteiger partial charge in [-0.15, -0.1) is 0 Å². The van der Waals surface area contributed by atoms with Crippen LogP contribution in [-0.4, -0.2) is 35.5 Å². The Morgan fingerprint density at radius 3 is 2.52 bits per heavy atom. The Morgan fingerprint density at radius 1 is 1.09 bits per heavy atom. The van der Waals surface area contributed by atoms with Gasteiger partial charge in [-0.05, 0) is 37.5 Å². The minimum Gasteiger partial charge on any atom is -0.338 e. The summed E-state index contributed by atoms with van der Waals surface area (Å²) in [7, 11) is 0. The smallest absolute Gasteiger partial charge is 0.270 e. The maximum atomic E-state index is 12.7. The molecule has 1 aromatic rings. The molecule has 0 aliphatic carbocycles. The van der Waals surface area contributed by atoms with Crippen molar-refractivity contribution in [2.24, 2.45) is 5.10 Å². The fourth-order valence-corrected chi connectivity index (χ4v) is 3.13. The van der Waals surface area contributed by atoms with Crippen molar-refractivity contribution < 1.29 is 9.59 Å². The van der Waals surface area contributed by atoms with Gasteiger partial charge in [-0.25, -0.2) is 5.01 Å². The first-order valence-corrected chi connectivity index (χ1v) is 8.41. The second-order valence-electron chi connectivity index (χ2n) is 6.30. The Bertz CT molecular complexity index is 631. The molecule has 0 radical (unpaired) electrons. The van der Waals surface area contributed by atoms with Gasteiger partial charge in [-0.3, -0.25) is 9.59 Å². The van der Waals surface area contributed by atoms with Crippen LogP contribution in [0.2, 0.25) is 0 Å². The summed E-state index contributed by atoms with van der Waals surface area (Å²) in [6, 6.07) is 7.65. The molecule has 0 N–H and O–H groups in total. The van der Waals surface area contributed by atoms with Crippen molar-refractivity contribution in [2.75, 3.05) is 18.1 Å². The number of hydrogen-bond acceptors (Lipinski definition) is 3. The van der Waals surface area contributed by atoms with Crippen LogP contribution in [0.4, 0.5) is 5.69 Å². The van der Waals surface area contributed by atoms with Crippen molar-refractivity contribution in [3.63, 3.8) is 0 Å². The summed E-state index contributed by atoms with van der Waals surface area (Å²) in [5.74, 6) is -0.0555. The molecule has 1 saturated heterocycles. The summed E-state index contributed by atoms with van der Waals surface area (Å²) < 4.78 is 0. The highest BCUT2D eigenvalue weighted by atomic mass is 16.2. The number of hydrazone groups is 1. The average molecular weight is 313 g/mol. The van der Waals surface area contributed by atoms with E-state index in [0.717, 1.165) is 37.2 Å². The van der Waals surface area contributed by atoms with E-state index in [-0.39, 0.29) is 11.8 Å². The van der Waals surface area contributed by atoms with Crippen LogP contribution in [0.1, 0.15) is 44.1 Å². The first kappa shape index (κ1) is 15.7. The number of benzene rings is 1. The lowest BCUT2D eigenvalue weighted by Crippen LogP contribution is -2.42. The van der Waals surface area contributed by atoms with Crippen LogP contribution in [0.5, 0.6) is 0 Å². The highest BCUT2D eigenvalue weighted by Gasteiger charge is 2.28. The highest BCUT2D eigenvalue weighted by Crippen LogP contribution is 2.22. The standard InChI is InChI=1S/C18H23N3O2/c1-14-7-6-8-15(13-14)21-17(22)10-9-16(19-21)18(23)20-11-4-2-3-5-12-20/h6-8,13H,2-5,9-12H2,1H3. The van der Waals surface area contributed by atoms with E-state index >= 15 is 0 Å². The molecule has 0 atom stereocenters. The molecule has 2 amide bonds. The van der Waals surface area contributed by atoms with E-state index in [4.69, 9.17) is 0 Å². The quantitative estimate of drug-likeness (QED) is 0.843. The molecule has 2 heterocycles. The van der Waals surface area contributed by atoms with Crippen LogP contribution in [0.3, 0.4) is 0 Å². The molecule has 3 rings (SSSR count). The van der Waals surface area contributed by atoms with Crippen molar-refractivity contribution in [3.05, 3.63) is 29.8 Å². The van der Waals surface area contributed by atoms with Crippen molar-refractivity contribution in [3.8, 4) is 0 Å². The first-order chi connectivity index (χ1) is 11.1. The van der Waals surface area contributed by atoms with Crippen molar-refractivity contribution in [1.82, 2.24) is 4.90 Å². The predicted octanol–water partition coefficient (Wildman–Crippen LogP) is 2.88. The third kappa shape index (κ3) is 3.60. The normalized spacial score (nSPS) is 19.3. The monoisotopic (exact) mass is 313 g/mol. The van der Waals surface area contributed by atoms with Crippen molar-refractivity contribution in [1.29, 1.82) is 0 Å². The Hall–Kier alpha value is -2.17. The average Bonchev–Trinajstić information content (AvgIpc) is 2.84. The maximum absolute atomic E-state index is 12.7. The van der Waals surface area contributed by atoms with Gasteiger partial charge in [0.1, 0.15) is 5.71 Å². The Balaban J connectivity index is 1.82. The zero-order valence-corrected chi connectivity index (χ0v) is 13.6. The van der Waals surface area contributed by atoms with Crippen LogP contribution in [0.15, 0.2) is 29.4 Å². The largest absolute Gasteiger partial charge is 0.338 e. The number of carbonyl (C=O) groups is 2. The summed E-state index contributed by atoms with van der Waals surface area (Å²) in [6.07, 6.45) is 5.26. The minimum absolute atomic E-state index is 0.00273. The second-order valence-corrected chi connectivity index (χ2v) is 6.30. The second kappa shape index (κ2) is 6.94. The number of rotatable bonds is 2. The number of nitrogens with zero attached hydrogens (tertiary/aromatic N) is 3. The third-order valence-electron chi connectivity index (χ3n) is 4.42. The number of aryl methyl sites for hydroxylation is 1. The van der Waals surface area contributed by atoms with Gasteiger partial charge in [-0.1, -0.05) is 25.0 Å². The fourth-order valence-electron chi connectivity index (χ4n) is 3.13. The number of anilines is 1. The molecule has 1 aromatic carbocycles. The molecule has 5 heteroatoms. The summed E-state index contributed by atoms with van der Waals surface area (Å²) in [6.45, 7) is 3.58. The van der Waals surface area contributed by atoms with Gasteiger partial charge in [0.2, 0.25) is 5.91 Å². The molecular formula is C18H23N3O2. The molecule has 23 heavy (non-hydrogen) atoms. The van der Waals surface area contributed by atoms with Crippen LogP contribution >= 0.6 is 0 Å². The molecule has 1 fully saturated rings. The van der Waals surface area contributed by atoms with Crippen LogP contribution in [0, 0.1) is 6.92 Å². The van der Waals surface area contributed by atoms with Crippen molar-refractivity contribution in [2.45, 2.75) is 45.4 Å². The molecule has 0 spiro atoms. The van der Waals surface area contributed by atoms with E-state index in [1.54, 1.807) is 0 Å². The Labute approximate surface area is 137 Å². The lowest BCUT2D eigenvalue weighted by Gasteiger charge is -2.26. The predicted molar refractivity (Wildman–Crippen MR) is 90.4 cm³/mol. The van der Waals surface area contributed by atoms with Gasteiger partial charge >= 0.3 is 0 Å². The molecule has 122 valence electrons. The molecule has 0 saturated carbocycles. The summed E-state index contributed by atoms with van der Waals surface area (Å²) in [5, 5.41) is 5.78. The van der Waals surface area contributed by atoms with E-state index in [1.165, 1.54) is 17.9 Å². The Morgan fingerprint density at radius 2 is 1.83 bits per heavy atom. The lowest BCUT2D eigenvalue weighted by molar-refractivity contribution is -0.124. The SMILES string of the molecule is Cc1cccc(N2N=C(C(=O)N3CCCCCC3)CCC2=O)c1. The summed E-state index contributed by atoms with van der Waals surface area (Å²) in [5.41, 5.74) is 2.31. The van der Waals surface area contributed by atoms with Crippen LogP contribution < -0.4 is 5.01 Å². The topological polar surface area (TPSA) is 53.0 Å². The zero-order chi connectivity index (χ0) is 16.2. The fraction of sp³-hybridized carbons (Fsp3) is 0.500. The molecular weight excluding hydrogens is 290 g/mol. The lowest BCUT2D eigenvalue weighted by atomic mass is 10.1. The molecule has 0 unspecified atom stereocenters. The summed E-state index contributed by atoms with van der Waals surface area (Å²) in [4.78, 5) is 26.8. The van der Waals surface area contributed by atoms with Crippen molar-refractivity contribution >= 4 is 23.2 Å². The van der Waals surface area contributed by atoms with Gasteiger partial charge < -0.3 is 4.90 Å². The van der Waals surface area contributed by atoms with Gasteiger partial charge in [-0.2, -0.15) is 5.10 Å². The maximum Gasteiger partial charge on any atom is 0.270 e. The third-order valence-corrected chi connectivity index (χ3v) is 4.42. The number of likely N-dealkylation sites (tertiary alicyclic amines) is 1. The first-order valence-electron chi connectivity index (χ1n) is 8.41. The van der Waals surface area contributed by atoms with Gasteiger partial charge in [0.25, 0.3) is 5.91 Å². The number of carbonyl (C=O) groups excluding carboxylic acids is 2. The number of hydrogen-bond donors (Lipinski definition) is 0. The van der Waals surface area contributed by atoms with Gasteiger partial charge in [0.05, 0.1) is 5.69 Å². The van der Waals surface area contributed by atoms with E-state index in [1.807, 2.05) is 36.1 Å². The molecule has 2 aliphatic rings. The van der Waals surface area contributed by atoms with E-state index in [9.17, 15) is 9.59 Å². The highest BCUT2D eigenvalue weighted by molar-refractivity contribution is 6.40. The molecule has 0 aromatic heterocycles. The van der Waals surface area contributed by atoms with E-state index < -0.39 is 0 Å². The van der Waals surface area contributed by atoms with Crippen LogP contribution in [-0.2, 0) is 9.59 Å². The zero-order valence-electron chi connectivity index (χ0n) is 13.6. The van der Waals surface area contributed by atoms with E-state index in [2.05, 4.69) is 5.10 Å². The summed E-state index contributed by atoms with van der Waals surface area (Å²) >= 11 is 0. The molecule has 5 nitrogen and oxygen atoms in total. The Kier molecular flexibility index (Phi) is 4.74. The minimum atomic E-state index is -0.0528. The number of amides is 2. The van der Waals surface area contributed by atoms with Gasteiger partial charge in [0.15, 0.2) is 0 Å². The molecule has 2 aliphatic heterocycles.